The molecule has 0 amide bonds. The van der Waals surface area contributed by atoms with E-state index in [9.17, 15) is 21.6 Å². The minimum Gasteiger partial charge on any atom is -0.404 e. The second-order valence-corrected chi connectivity index (χ2v) is 7.42. The Morgan fingerprint density at radius 3 is 2.32 bits per heavy atom. The van der Waals surface area contributed by atoms with Gasteiger partial charge in [-0.15, -0.1) is 13.2 Å². The van der Waals surface area contributed by atoms with Crippen LogP contribution in [-0.2, 0) is 10.0 Å². The summed E-state index contributed by atoms with van der Waals surface area (Å²) in [7, 11) is -4.42. The van der Waals surface area contributed by atoms with E-state index >= 15 is 0 Å². The van der Waals surface area contributed by atoms with E-state index < -0.39 is 33.1 Å². The summed E-state index contributed by atoms with van der Waals surface area (Å²) >= 11 is 0. The lowest BCUT2D eigenvalue weighted by molar-refractivity contribution is -0.275. The Morgan fingerprint density at radius 1 is 1.07 bits per heavy atom. The summed E-state index contributed by atoms with van der Waals surface area (Å²) in [5, 5.41) is 6.60. The van der Waals surface area contributed by atoms with Crippen LogP contribution in [0.2, 0.25) is 0 Å². The lowest BCUT2D eigenvalue weighted by Gasteiger charge is -2.18. The molecule has 3 aromatic rings. The van der Waals surface area contributed by atoms with Gasteiger partial charge < -0.3 is 4.74 Å². The fraction of sp³-hybridized carbons (Fsp3) is 0.176. The molecule has 1 atom stereocenters. The number of benzene rings is 2. The Morgan fingerprint density at radius 2 is 1.71 bits per heavy atom. The quantitative estimate of drug-likeness (QED) is 0.649. The van der Waals surface area contributed by atoms with Gasteiger partial charge in [0.15, 0.2) is 5.82 Å². The topological polar surface area (TPSA) is 97.0 Å². The molecule has 1 heterocycles. The third-order valence-corrected chi connectivity index (χ3v) is 5.11. The van der Waals surface area contributed by atoms with Crippen molar-refractivity contribution in [3.8, 4) is 5.75 Å². The fourth-order valence-electron chi connectivity index (χ4n) is 2.50. The van der Waals surface area contributed by atoms with Crippen LogP contribution in [0.1, 0.15) is 23.3 Å². The predicted molar refractivity (Wildman–Crippen MR) is 92.9 cm³/mol. The Bertz CT molecular complexity index is 1050. The first-order chi connectivity index (χ1) is 13.2. The van der Waals surface area contributed by atoms with E-state index in [-0.39, 0.29) is 5.82 Å². The van der Waals surface area contributed by atoms with E-state index in [0.717, 1.165) is 12.1 Å². The van der Waals surface area contributed by atoms with Crippen LogP contribution in [0.4, 0.5) is 13.2 Å². The maximum atomic E-state index is 12.9. The van der Waals surface area contributed by atoms with Gasteiger partial charge in [-0.3, -0.25) is 5.10 Å². The molecule has 28 heavy (non-hydrogen) atoms. The summed E-state index contributed by atoms with van der Waals surface area (Å²) in [6, 6.07) is 11.9. The number of para-hydroxylation sites is 1. The first kappa shape index (κ1) is 19.8. The molecular weight excluding hydrogens is 397 g/mol. The van der Waals surface area contributed by atoms with Crippen molar-refractivity contribution in [1.29, 1.82) is 0 Å². The second kappa shape index (κ2) is 7.60. The lowest BCUT2D eigenvalue weighted by atomic mass is 10.1. The zero-order chi connectivity index (χ0) is 20.4. The van der Waals surface area contributed by atoms with Crippen molar-refractivity contribution in [2.45, 2.75) is 24.2 Å². The van der Waals surface area contributed by atoms with Crippen LogP contribution in [0.3, 0.4) is 0 Å². The zero-order valence-corrected chi connectivity index (χ0v) is 15.3. The van der Waals surface area contributed by atoms with Crippen molar-refractivity contribution in [3.63, 3.8) is 0 Å². The molecule has 2 N–H and O–H groups in total. The molecule has 0 aliphatic carbocycles. The molecule has 11 heteroatoms. The minimum absolute atomic E-state index is 0.126. The summed E-state index contributed by atoms with van der Waals surface area (Å²) in [6.45, 7) is 1.64. The Hall–Kier alpha value is -2.92. The van der Waals surface area contributed by atoms with Crippen LogP contribution in [0.25, 0.3) is 0 Å². The van der Waals surface area contributed by atoms with Gasteiger partial charge in [0.05, 0.1) is 0 Å². The molecule has 0 fully saturated rings. The molecule has 1 unspecified atom stereocenters. The molecule has 0 spiro atoms. The first-order valence-corrected chi connectivity index (χ1v) is 9.45. The molecule has 0 aliphatic rings. The molecule has 148 valence electrons. The number of nitrogens with one attached hydrogen (secondary N) is 2. The summed E-state index contributed by atoms with van der Waals surface area (Å²) in [5.41, 5.74) is 0.513. The third kappa shape index (κ3) is 4.67. The van der Waals surface area contributed by atoms with Crippen molar-refractivity contribution in [2.24, 2.45) is 0 Å². The summed E-state index contributed by atoms with van der Waals surface area (Å²) in [4.78, 5) is 3.49. The lowest BCUT2D eigenvalue weighted by Crippen LogP contribution is -2.31. The highest BCUT2D eigenvalue weighted by molar-refractivity contribution is 7.89. The van der Waals surface area contributed by atoms with Crippen LogP contribution in [0, 0.1) is 6.92 Å². The number of hydrogen-bond donors (Lipinski definition) is 2. The van der Waals surface area contributed by atoms with E-state index in [1.807, 2.05) is 0 Å². The highest BCUT2D eigenvalue weighted by atomic mass is 32.2. The van der Waals surface area contributed by atoms with Gasteiger partial charge in [-0.2, -0.15) is 9.82 Å². The van der Waals surface area contributed by atoms with Crippen LogP contribution >= 0.6 is 0 Å². The molecule has 0 radical (unpaired) electrons. The molecular formula is C17H15F3N4O3S. The Labute approximate surface area is 158 Å². The van der Waals surface area contributed by atoms with Crippen LogP contribution < -0.4 is 9.46 Å². The SMILES string of the molecule is Cc1nc(C(NS(=O)(=O)c2ccccc2OC(F)(F)F)c2ccccc2)n[nH]1. The predicted octanol–water partition coefficient (Wildman–Crippen LogP) is 3.08. The summed E-state index contributed by atoms with van der Waals surface area (Å²) in [5.74, 6) is -0.252. The molecule has 0 aliphatic heterocycles. The van der Waals surface area contributed by atoms with Crippen molar-refractivity contribution < 1.29 is 26.3 Å². The van der Waals surface area contributed by atoms with Gasteiger partial charge in [0.25, 0.3) is 0 Å². The van der Waals surface area contributed by atoms with Crippen molar-refractivity contribution >= 4 is 10.0 Å². The number of alkyl halides is 3. The molecule has 2 aromatic carbocycles. The van der Waals surface area contributed by atoms with Crippen LogP contribution in [-0.4, -0.2) is 30.0 Å². The number of hydrogen-bond acceptors (Lipinski definition) is 5. The Kier molecular flexibility index (Phi) is 5.38. The number of aryl methyl sites for hydroxylation is 1. The standard InChI is InChI=1S/C17H15F3N4O3S/c1-11-21-16(23-22-11)15(12-7-3-2-4-8-12)24-28(25,26)14-10-6-5-9-13(14)27-17(18,19)20/h2-10,15,24H,1H3,(H,21,22,23). The Balaban J connectivity index is 2.02. The van der Waals surface area contributed by atoms with Gasteiger partial charge in [-0.25, -0.2) is 13.4 Å². The molecule has 0 saturated heterocycles. The summed E-state index contributed by atoms with van der Waals surface area (Å²) < 4.78 is 69.9. The monoisotopic (exact) mass is 412 g/mol. The number of aromatic nitrogens is 3. The normalized spacial score (nSPS) is 13.3. The highest BCUT2D eigenvalue weighted by Crippen LogP contribution is 2.31. The van der Waals surface area contributed by atoms with Crippen molar-refractivity contribution in [2.75, 3.05) is 0 Å². The van der Waals surface area contributed by atoms with Crippen LogP contribution in [0.15, 0.2) is 59.5 Å². The largest absolute Gasteiger partial charge is 0.573 e. The zero-order valence-electron chi connectivity index (χ0n) is 14.4. The fourth-order valence-corrected chi connectivity index (χ4v) is 3.82. The van der Waals surface area contributed by atoms with Crippen molar-refractivity contribution in [3.05, 3.63) is 71.8 Å². The number of aromatic amines is 1. The smallest absolute Gasteiger partial charge is 0.404 e. The number of sulfonamides is 1. The van der Waals surface area contributed by atoms with E-state index in [0.29, 0.717) is 11.4 Å². The number of rotatable bonds is 6. The number of H-pyrrole nitrogens is 1. The molecule has 3 rings (SSSR count). The average Bonchev–Trinajstić information content (AvgIpc) is 3.05. The number of nitrogens with zero attached hydrogens (tertiary/aromatic N) is 2. The van der Waals surface area contributed by atoms with E-state index in [1.165, 1.54) is 12.1 Å². The molecule has 0 saturated carbocycles. The summed E-state index contributed by atoms with van der Waals surface area (Å²) in [6.07, 6.45) is -5.04. The van der Waals surface area contributed by atoms with E-state index in [4.69, 9.17) is 0 Å². The third-order valence-electron chi connectivity index (χ3n) is 3.64. The van der Waals surface area contributed by atoms with E-state index in [2.05, 4.69) is 24.6 Å². The maximum absolute atomic E-state index is 12.9. The molecule has 1 aromatic heterocycles. The highest BCUT2D eigenvalue weighted by Gasteiger charge is 2.35. The molecule has 7 nitrogen and oxygen atoms in total. The molecule has 0 bridgehead atoms. The van der Waals surface area contributed by atoms with Crippen LogP contribution in [0.5, 0.6) is 5.75 Å². The van der Waals surface area contributed by atoms with Crippen molar-refractivity contribution in [1.82, 2.24) is 19.9 Å². The van der Waals surface area contributed by atoms with Gasteiger partial charge in [0.1, 0.15) is 22.5 Å². The van der Waals surface area contributed by atoms with Gasteiger partial charge in [-0.1, -0.05) is 42.5 Å². The van der Waals surface area contributed by atoms with Gasteiger partial charge in [-0.05, 0) is 24.6 Å². The van der Waals surface area contributed by atoms with Gasteiger partial charge in [0, 0.05) is 0 Å². The van der Waals surface area contributed by atoms with Gasteiger partial charge in [0.2, 0.25) is 10.0 Å². The maximum Gasteiger partial charge on any atom is 0.573 e. The average molecular weight is 412 g/mol. The van der Waals surface area contributed by atoms with E-state index in [1.54, 1.807) is 37.3 Å². The second-order valence-electron chi connectivity index (χ2n) is 5.74. The minimum atomic E-state index is -5.04. The number of halogens is 3. The number of ether oxygens (including phenoxy) is 1. The van der Waals surface area contributed by atoms with Gasteiger partial charge >= 0.3 is 6.36 Å². The first-order valence-electron chi connectivity index (χ1n) is 7.97.